The van der Waals surface area contributed by atoms with E-state index in [-0.39, 0.29) is 24.0 Å². The molecule has 1 aliphatic rings. The molecule has 0 aliphatic carbocycles. The SMILES string of the molecule is Cn1nc(CC(CC(=O)O)c2cc(C#N)cc(C(C)(C)C(F)(F)F)c2)cc1OCCc1ccc2c(n1)NCCC2. The number of aliphatic carboxylic acids is 1. The molecule has 0 fully saturated rings. The van der Waals surface area contributed by atoms with E-state index in [1.807, 2.05) is 12.1 Å². The molecule has 0 spiro atoms. The zero-order valence-electron chi connectivity index (χ0n) is 22.7. The van der Waals surface area contributed by atoms with Gasteiger partial charge < -0.3 is 15.2 Å². The molecule has 1 aromatic carbocycles. The second-order valence-electron chi connectivity index (χ2n) is 10.6. The van der Waals surface area contributed by atoms with Crippen molar-refractivity contribution in [2.24, 2.45) is 7.05 Å². The maximum Gasteiger partial charge on any atom is 0.397 e. The molecule has 8 nitrogen and oxygen atoms in total. The van der Waals surface area contributed by atoms with Gasteiger partial charge in [-0.05, 0) is 73.9 Å². The largest absolute Gasteiger partial charge is 0.481 e. The van der Waals surface area contributed by atoms with Crippen LogP contribution in [0.15, 0.2) is 36.4 Å². The first kappa shape index (κ1) is 28.9. The van der Waals surface area contributed by atoms with Crippen molar-refractivity contribution in [3.63, 3.8) is 0 Å². The second kappa shape index (κ2) is 11.6. The van der Waals surface area contributed by atoms with Crippen molar-refractivity contribution < 1.29 is 27.8 Å². The summed E-state index contributed by atoms with van der Waals surface area (Å²) in [6, 6.07) is 11.7. The van der Waals surface area contributed by atoms with E-state index < -0.39 is 23.5 Å². The van der Waals surface area contributed by atoms with Crippen molar-refractivity contribution in [1.82, 2.24) is 14.8 Å². The average molecular weight is 556 g/mol. The summed E-state index contributed by atoms with van der Waals surface area (Å²) in [6.07, 6.45) is -2.08. The van der Waals surface area contributed by atoms with Gasteiger partial charge in [0.25, 0.3) is 0 Å². The van der Waals surface area contributed by atoms with Crippen LogP contribution < -0.4 is 10.1 Å². The van der Waals surface area contributed by atoms with Crippen LogP contribution in [0, 0.1) is 11.3 Å². The lowest BCUT2D eigenvalue weighted by molar-refractivity contribution is -0.180. The van der Waals surface area contributed by atoms with Crippen LogP contribution in [0.25, 0.3) is 0 Å². The fourth-order valence-electron chi connectivity index (χ4n) is 4.76. The minimum absolute atomic E-state index is 0.0382. The Hall–Kier alpha value is -4.07. The van der Waals surface area contributed by atoms with Gasteiger partial charge in [-0.15, -0.1) is 0 Å². The fourth-order valence-corrected chi connectivity index (χ4v) is 4.76. The number of nitrogens with zero attached hydrogens (tertiary/aromatic N) is 4. The van der Waals surface area contributed by atoms with Gasteiger partial charge in [0.1, 0.15) is 5.82 Å². The Balaban J connectivity index is 1.51. The molecular weight excluding hydrogens is 523 g/mol. The van der Waals surface area contributed by atoms with Gasteiger partial charge >= 0.3 is 12.1 Å². The number of pyridine rings is 1. The number of nitrogens with one attached hydrogen (secondary N) is 1. The Morgan fingerprint density at radius 3 is 2.70 bits per heavy atom. The molecule has 0 amide bonds. The van der Waals surface area contributed by atoms with Gasteiger partial charge in [0, 0.05) is 31.8 Å². The number of aromatic nitrogens is 3. The molecule has 3 aromatic rings. The first-order valence-electron chi connectivity index (χ1n) is 13.1. The molecule has 0 bridgehead atoms. The number of alkyl halides is 3. The van der Waals surface area contributed by atoms with Crippen LogP contribution in [0.5, 0.6) is 5.88 Å². The van der Waals surface area contributed by atoms with E-state index in [1.165, 1.54) is 23.8 Å². The first-order valence-corrected chi connectivity index (χ1v) is 13.1. The molecule has 1 unspecified atom stereocenters. The van der Waals surface area contributed by atoms with Crippen LogP contribution in [-0.4, -0.2) is 45.2 Å². The molecule has 212 valence electrons. The molecule has 40 heavy (non-hydrogen) atoms. The number of nitriles is 1. The summed E-state index contributed by atoms with van der Waals surface area (Å²) in [4.78, 5) is 16.4. The second-order valence-corrected chi connectivity index (χ2v) is 10.6. The topological polar surface area (TPSA) is 113 Å². The van der Waals surface area contributed by atoms with E-state index in [2.05, 4.69) is 21.5 Å². The number of halogens is 3. The standard InChI is InChI=1S/C29H32F3N5O3/c1-28(2,29(30,31)32)22-12-18(17-33)11-20(13-22)21(15-26(38)39)14-24-16-25(37(3)36-24)40-10-8-23-7-6-19-5-4-9-34-27(19)35-23/h6-7,11-13,16,21H,4-5,8-10,14-15H2,1-3H3,(H,34,35)(H,38,39). The Morgan fingerprint density at radius 1 is 1.23 bits per heavy atom. The summed E-state index contributed by atoms with van der Waals surface area (Å²) in [5.41, 5.74) is 0.686. The summed E-state index contributed by atoms with van der Waals surface area (Å²) in [7, 11) is 1.70. The lowest BCUT2D eigenvalue weighted by Gasteiger charge is -2.29. The Bertz CT molecular complexity index is 1430. The van der Waals surface area contributed by atoms with Gasteiger partial charge in [-0.2, -0.15) is 23.5 Å². The number of fused-ring (bicyclic) bond motifs is 1. The van der Waals surface area contributed by atoms with Crippen molar-refractivity contribution in [1.29, 1.82) is 5.26 Å². The third kappa shape index (κ3) is 6.55. The third-order valence-electron chi connectivity index (χ3n) is 7.31. The maximum absolute atomic E-state index is 13.8. The predicted molar refractivity (Wildman–Crippen MR) is 142 cm³/mol. The number of carbonyl (C=O) groups is 1. The van der Waals surface area contributed by atoms with Crippen molar-refractivity contribution in [3.05, 3.63) is 70.0 Å². The van der Waals surface area contributed by atoms with E-state index in [0.29, 0.717) is 30.2 Å². The summed E-state index contributed by atoms with van der Waals surface area (Å²) in [5, 5.41) is 26.8. The lowest BCUT2D eigenvalue weighted by Crippen LogP contribution is -2.36. The smallest absolute Gasteiger partial charge is 0.397 e. The number of anilines is 1. The van der Waals surface area contributed by atoms with Crippen molar-refractivity contribution in [3.8, 4) is 11.9 Å². The first-order chi connectivity index (χ1) is 18.9. The molecule has 0 saturated heterocycles. The Morgan fingerprint density at radius 2 is 2.00 bits per heavy atom. The quantitative estimate of drug-likeness (QED) is 0.349. The molecule has 1 aliphatic heterocycles. The normalized spacial score (nSPS) is 14.1. The summed E-state index contributed by atoms with van der Waals surface area (Å²) in [6.45, 7) is 3.34. The highest BCUT2D eigenvalue weighted by Crippen LogP contribution is 2.42. The number of rotatable bonds is 10. The average Bonchev–Trinajstić information content (AvgIpc) is 3.25. The van der Waals surface area contributed by atoms with Gasteiger partial charge in [-0.3, -0.25) is 4.79 Å². The molecule has 1 atom stereocenters. The monoisotopic (exact) mass is 555 g/mol. The summed E-state index contributed by atoms with van der Waals surface area (Å²) in [5.74, 6) is -0.421. The molecule has 3 heterocycles. The highest BCUT2D eigenvalue weighted by atomic mass is 19.4. The molecule has 11 heteroatoms. The van der Waals surface area contributed by atoms with E-state index in [1.54, 1.807) is 17.8 Å². The van der Waals surface area contributed by atoms with Crippen LogP contribution in [0.2, 0.25) is 0 Å². The molecule has 2 aromatic heterocycles. The number of hydrogen-bond acceptors (Lipinski definition) is 6. The highest BCUT2D eigenvalue weighted by Gasteiger charge is 2.48. The number of carboxylic acid groups (broad SMARTS) is 1. The van der Waals surface area contributed by atoms with Crippen LogP contribution in [-0.2, 0) is 36.5 Å². The molecule has 4 rings (SSSR count). The maximum atomic E-state index is 13.8. The number of aryl methyl sites for hydroxylation is 2. The highest BCUT2D eigenvalue weighted by molar-refractivity contribution is 5.68. The Kier molecular flexibility index (Phi) is 8.37. The number of carboxylic acids is 1. The summed E-state index contributed by atoms with van der Waals surface area (Å²) < 4.78 is 48.8. The third-order valence-corrected chi connectivity index (χ3v) is 7.31. The fraction of sp³-hybridized carbons (Fsp3) is 0.448. The molecule has 2 N–H and O–H groups in total. The van der Waals surface area contributed by atoms with Gasteiger partial charge in [-0.1, -0.05) is 12.1 Å². The zero-order valence-corrected chi connectivity index (χ0v) is 22.7. The minimum atomic E-state index is -4.56. The van der Waals surface area contributed by atoms with Crippen molar-refractivity contribution in [2.75, 3.05) is 18.5 Å². The van der Waals surface area contributed by atoms with Gasteiger partial charge in [-0.25, -0.2) is 9.67 Å². The van der Waals surface area contributed by atoms with Crippen molar-refractivity contribution in [2.45, 2.75) is 63.5 Å². The number of ether oxygens (including phenoxy) is 1. The number of hydrogen-bond donors (Lipinski definition) is 2. The minimum Gasteiger partial charge on any atom is -0.481 e. The van der Waals surface area contributed by atoms with E-state index in [9.17, 15) is 28.3 Å². The van der Waals surface area contributed by atoms with E-state index in [0.717, 1.165) is 44.7 Å². The van der Waals surface area contributed by atoms with Crippen LogP contribution in [0.3, 0.4) is 0 Å². The predicted octanol–water partition coefficient (Wildman–Crippen LogP) is 5.31. The molecular formula is C29H32F3N5O3. The van der Waals surface area contributed by atoms with Gasteiger partial charge in [0.15, 0.2) is 0 Å². The zero-order chi connectivity index (χ0) is 29.1. The van der Waals surface area contributed by atoms with E-state index >= 15 is 0 Å². The molecule has 0 saturated carbocycles. The van der Waals surface area contributed by atoms with Crippen molar-refractivity contribution >= 4 is 11.8 Å². The van der Waals surface area contributed by atoms with Crippen LogP contribution >= 0.6 is 0 Å². The summed E-state index contributed by atoms with van der Waals surface area (Å²) >= 11 is 0. The molecule has 0 radical (unpaired) electrons. The lowest BCUT2D eigenvalue weighted by atomic mass is 9.80. The van der Waals surface area contributed by atoms with Gasteiger partial charge in [0.05, 0.1) is 35.8 Å². The van der Waals surface area contributed by atoms with Crippen LogP contribution in [0.4, 0.5) is 19.0 Å². The van der Waals surface area contributed by atoms with Gasteiger partial charge in [0.2, 0.25) is 5.88 Å². The number of benzene rings is 1. The van der Waals surface area contributed by atoms with Crippen LogP contribution in [0.1, 0.15) is 66.2 Å². The Labute approximate surface area is 230 Å². The van der Waals surface area contributed by atoms with E-state index in [4.69, 9.17) is 4.74 Å².